The van der Waals surface area contributed by atoms with E-state index in [0.717, 1.165) is 32.8 Å². The summed E-state index contributed by atoms with van der Waals surface area (Å²) in [7, 11) is 1.78. The topological polar surface area (TPSA) is 30.3 Å². The molecule has 0 atom stereocenters. The Balaban J connectivity index is 1.55. The van der Waals surface area contributed by atoms with Gasteiger partial charge in [-0.3, -0.25) is 0 Å². The predicted molar refractivity (Wildman–Crippen MR) is 91.5 cm³/mol. The lowest BCUT2D eigenvalue weighted by atomic mass is 9.77. The lowest BCUT2D eigenvalue weighted by Crippen LogP contribution is -2.43. The van der Waals surface area contributed by atoms with Gasteiger partial charge in [0.25, 0.3) is 0 Å². The summed E-state index contributed by atoms with van der Waals surface area (Å²) in [6, 6.07) is 10.6. The number of hydrogen-bond acceptors (Lipinski definition) is 3. The second-order valence-electron chi connectivity index (χ2n) is 6.85. The van der Waals surface area contributed by atoms with Crippen molar-refractivity contribution in [1.29, 1.82) is 0 Å². The molecule has 3 heterocycles. The molecule has 0 radical (unpaired) electrons. The number of likely N-dealkylation sites (tertiary alicyclic amines) is 1. The highest BCUT2D eigenvalue weighted by atomic mass is 16.5. The average molecular weight is 311 g/mol. The fourth-order valence-electron chi connectivity index (χ4n) is 4.20. The highest BCUT2D eigenvalue weighted by molar-refractivity contribution is 5.60. The van der Waals surface area contributed by atoms with E-state index in [4.69, 9.17) is 9.72 Å². The molecular formula is C19H25N3O. The zero-order valence-corrected chi connectivity index (χ0v) is 13.9. The van der Waals surface area contributed by atoms with Crippen LogP contribution in [0.5, 0.6) is 0 Å². The molecule has 23 heavy (non-hydrogen) atoms. The third-order valence-corrected chi connectivity index (χ3v) is 5.64. The van der Waals surface area contributed by atoms with Crippen molar-refractivity contribution in [2.75, 3.05) is 33.4 Å². The summed E-state index contributed by atoms with van der Waals surface area (Å²) in [6.07, 6.45) is 5.76. The molecule has 1 aromatic carbocycles. The summed E-state index contributed by atoms with van der Waals surface area (Å²) in [5.74, 6) is 1.32. The Morgan fingerprint density at radius 1 is 1.09 bits per heavy atom. The van der Waals surface area contributed by atoms with E-state index in [-0.39, 0.29) is 0 Å². The standard InChI is InChI=1S/C19H25N3O/c1-23-14-13-21-10-7-19(8-11-21)9-12-22-17(15-20-18(19)22)16-5-3-2-4-6-16/h2-6,15H,7-14H2,1H3. The first-order valence-corrected chi connectivity index (χ1v) is 8.65. The minimum absolute atomic E-state index is 0.302. The van der Waals surface area contributed by atoms with E-state index in [0.29, 0.717) is 5.41 Å². The number of rotatable bonds is 4. The predicted octanol–water partition coefficient (Wildman–Crippen LogP) is 2.93. The van der Waals surface area contributed by atoms with Crippen molar-refractivity contribution >= 4 is 0 Å². The Hall–Kier alpha value is -1.65. The maximum absolute atomic E-state index is 5.21. The molecule has 0 aliphatic carbocycles. The van der Waals surface area contributed by atoms with Crippen LogP contribution in [0.4, 0.5) is 0 Å². The molecule has 2 aromatic rings. The molecule has 0 N–H and O–H groups in total. The van der Waals surface area contributed by atoms with Gasteiger partial charge in [0, 0.05) is 25.6 Å². The second-order valence-corrected chi connectivity index (χ2v) is 6.85. The third kappa shape index (κ3) is 2.60. The molecule has 1 aromatic heterocycles. The van der Waals surface area contributed by atoms with Crippen molar-refractivity contribution in [1.82, 2.24) is 14.5 Å². The summed E-state index contributed by atoms with van der Waals surface area (Å²) in [5.41, 5.74) is 2.86. The molecular weight excluding hydrogens is 286 g/mol. The number of benzene rings is 1. The first-order chi connectivity index (χ1) is 11.3. The number of ether oxygens (including phenoxy) is 1. The number of fused-ring (bicyclic) bond motifs is 2. The van der Waals surface area contributed by atoms with Crippen LogP contribution >= 0.6 is 0 Å². The van der Waals surface area contributed by atoms with Crippen LogP contribution in [0.25, 0.3) is 11.3 Å². The molecule has 1 spiro atoms. The van der Waals surface area contributed by atoms with E-state index in [1.165, 1.54) is 36.3 Å². The number of piperidine rings is 1. The van der Waals surface area contributed by atoms with E-state index in [1.807, 2.05) is 0 Å². The Morgan fingerprint density at radius 3 is 2.57 bits per heavy atom. The molecule has 0 amide bonds. The van der Waals surface area contributed by atoms with Crippen molar-refractivity contribution in [3.05, 3.63) is 42.4 Å². The van der Waals surface area contributed by atoms with E-state index in [2.05, 4.69) is 46.0 Å². The normalized spacial score (nSPS) is 20.0. The fraction of sp³-hybridized carbons (Fsp3) is 0.526. The number of nitrogens with zero attached hydrogens (tertiary/aromatic N) is 3. The monoisotopic (exact) mass is 311 g/mol. The molecule has 0 bridgehead atoms. The van der Waals surface area contributed by atoms with Crippen molar-refractivity contribution in [2.24, 2.45) is 0 Å². The van der Waals surface area contributed by atoms with Gasteiger partial charge in [-0.15, -0.1) is 0 Å². The van der Waals surface area contributed by atoms with Crippen molar-refractivity contribution < 1.29 is 4.74 Å². The van der Waals surface area contributed by atoms with Gasteiger partial charge in [-0.1, -0.05) is 30.3 Å². The minimum Gasteiger partial charge on any atom is -0.383 e. The highest BCUT2D eigenvalue weighted by Gasteiger charge is 2.43. The van der Waals surface area contributed by atoms with Crippen molar-refractivity contribution in [3.8, 4) is 11.3 Å². The highest BCUT2D eigenvalue weighted by Crippen LogP contribution is 2.44. The molecule has 4 rings (SSSR count). The zero-order valence-electron chi connectivity index (χ0n) is 13.9. The van der Waals surface area contributed by atoms with E-state index in [1.54, 1.807) is 7.11 Å². The van der Waals surface area contributed by atoms with E-state index < -0.39 is 0 Å². The maximum atomic E-state index is 5.21. The number of methoxy groups -OCH3 is 1. The van der Waals surface area contributed by atoms with Gasteiger partial charge in [-0.05, 0) is 37.9 Å². The summed E-state index contributed by atoms with van der Waals surface area (Å²) < 4.78 is 7.67. The zero-order chi connectivity index (χ0) is 15.7. The van der Waals surface area contributed by atoms with Crippen LogP contribution < -0.4 is 0 Å². The summed E-state index contributed by atoms with van der Waals surface area (Å²) in [4.78, 5) is 7.38. The average Bonchev–Trinajstić information content (AvgIpc) is 3.17. The molecule has 1 saturated heterocycles. The van der Waals surface area contributed by atoms with Gasteiger partial charge in [-0.25, -0.2) is 4.98 Å². The Labute approximate surface area is 138 Å². The van der Waals surface area contributed by atoms with Crippen LogP contribution in [-0.2, 0) is 16.7 Å². The molecule has 1 fully saturated rings. The van der Waals surface area contributed by atoms with Crippen molar-refractivity contribution in [2.45, 2.75) is 31.2 Å². The van der Waals surface area contributed by atoms with E-state index >= 15 is 0 Å². The van der Waals surface area contributed by atoms with Crippen LogP contribution in [0, 0.1) is 0 Å². The first-order valence-electron chi connectivity index (χ1n) is 8.65. The van der Waals surface area contributed by atoms with Gasteiger partial charge in [0.2, 0.25) is 0 Å². The Bertz CT molecular complexity index is 657. The second kappa shape index (κ2) is 6.10. The van der Waals surface area contributed by atoms with Crippen LogP contribution in [0.3, 0.4) is 0 Å². The fourth-order valence-corrected chi connectivity index (χ4v) is 4.20. The lowest BCUT2D eigenvalue weighted by Gasteiger charge is -2.38. The molecule has 0 saturated carbocycles. The first kappa shape index (κ1) is 14.9. The largest absolute Gasteiger partial charge is 0.383 e. The molecule has 4 nitrogen and oxygen atoms in total. The minimum atomic E-state index is 0.302. The lowest BCUT2D eigenvalue weighted by molar-refractivity contribution is 0.108. The quantitative estimate of drug-likeness (QED) is 0.870. The summed E-state index contributed by atoms with van der Waals surface area (Å²) in [5, 5.41) is 0. The smallest absolute Gasteiger partial charge is 0.115 e. The number of imidazole rings is 1. The maximum Gasteiger partial charge on any atom is 0.115 e. The van der Waals surface area contributed by atoms with Gasteiger partial charge in [0.1, 0.15) is 5.82 Å². The number of hydrogen-bond donors (Lipinski definition) is 0. The molecule has 122 valence electrons. The number of aromatic nitrogens is 2. The van der Waals surface area contributed by atoms with Crippen molar-refractivity contribution in [3.63, 3.8) is 0 Å². The van der Waals surface area contributed by atoms with Crippen LogP contribution in [0.2, 0.25) is 0 Å². The summed E-state index contributed by atoms with van der Waals surface area (Å²) in [6.45, 7) is 5.32. The molecule has 4 heteroatoms. The van der Waals surface area contributed by atoms with Gasteiger partial charge in [-0.2, -0.15) is 0 Å². The van der Waals surface area contributed by atoms with Gasteiger partial charge >= 0.3 is 0 Å². The third-order valence-electron chi connectivity index (χ3n) is 5.64. The van der Waals surface area contributed by atoms with Crippen LogP contribution in [0.1, 0.15) is 25.1 Å². The van der Waals surface area contributed by atoms with Crippen LogP contribution in [-0.4, -0.2) is 47.8 Å². The Kier molecular flexibility index (Phi) is 3.95. The van der Waals surface area contributed by atoms with Gasteiger partial charge < -0.3 is 14.2 Å². The summed E-state index contributed by atoms with van der Waals surface area (Å²) >= 11 is 0. The van der Waals surface area contributed by atoms with Gasteiger partial charge in [0.05, 0.1) is 18.5 Å². The molecule has 0 unspecified atom stereocenters. The van der Waals surface area contributed by atoms with E-state index in [9.17, 15) is 0 Å². The molecule has 2 aliphatic heterocycles. The molecule has 2 aliphatic rings. The van der Waals surface area contributed by atoms with Crippen LogP contribution in [0.15, 0.2) is 36.5 Å². The SMILES string of the molecule is COCCN1CCC2(CC1)CCn1c(-c3ccccc3)cnc12. The van der Waals surface area contributed by atoms with Gasteiger partial charge in [0.15, 0.2) is 0 Å². The Morgan fingerprint density at radius 2 is 1.83 bits per heavy atom.